The van der Waals surface area contributed by atoms with Gasteiger partial charge in [-0.25, -0.2) is 13.2 Å². The first-order valence-electron chi connectivity index (χ1n) is 12.8. The third-order valence-corrected chi connectivity index (χ3v) is 7.51. The number of piperidine rings is 1. The summed E-state index contributed by atoms with van der Waals surface area (Å²) in [6.45, 7) is 3.90. The zero-order valence-corrected chi connectivity index (χ0v) is 21.7. The number of fused-ring (bicyclic) bond motifs is 1. The minimum absolute atomic E-state index is 0.0173. The smallest absolute Gasteiger partial charge is 0.303 e. The number of benzene rings is 2. The van der Waals surface area contributed by atoms with E-state index in [-0.39, 0.29) is 25.2 Å². The first-order chi connectivity index (χ1) is 18.2. The van der Waals surface area contributed by atoms with E-state index in [2.05, 4.69) is 9.88 Å². The van der Waals surface area contributed by atoms with Crippen LogP contribution in [0.25, 0.3) is 10.9 Å². The van der Waals surface area contributed by atoms with E-state index < -0.39 is 29.2 Å². The first kappa shape index (κ1) is 27.7. The van der Waals surface area contributed by atoms with Crippen LogP contribution >= 0.6 is 0 Å². The average molecular weight is 531 g/mol. The van der Waals surface area contributed by atoms with Crippen LogP contribution in [-0.4, -0.2) is 54.3 Å². The van der Waals surface area contributed by atoms with Gasteiger partial charge < -0.3 is 14.6 Å². The standard InChI is InChI=1S/C29H33F3N2O4/c1-19-18-33-26-4-3-22(37-2)16-24(26)28(19)25(32)5-6-29(17-27(35)36)7-9-34(10-8-29)11-12-38-23-14-20(30)13-21(31)15-23/h3-4,13-16,18,25H,5-12,17H2,1-2H3,(H,35,36)/t25-/m1/s1. The van der Waals surface area contributed by atoms with Gasteiger partial charge in [-0.15, -0.1) is 0 Å². The van der Waals surface area contributed by atoms with Crippen LogP contribution in [0.2, 0.25) is 0 Å². The lowest BCUT2D eigenvalue weighted by Crippen LogP contribution is -2.42. The molecule has 2 aromatic carbocycles. The summed E-state index contributed by atoms with van der Waals surface area (Å²) in [6.07, 6.45) is 2.27. The number of nitrogens with zero attached hydrogens (tertiary/aromatic N) is 2. The van der Waals surface area contributed by atoms with Crippen LogP contribution in [0.15, 0.2) is 42.6 Å². The molecule has 38 heavy (non-hydrogen) atoms. The number of ether oxygens (including phenoxy) is 2. The van der Waals surface area contributed by atoms with Crippen molar-refractivity contribution >= 4 is 16.9 Å². The van der Waals surface area contributed by atoms with Gasteiger partial charge in [0.15, 0.2) is 0 Å². The van der Waals surface area contributed by atoms with E-state index in [4.69, 9.17) is 9.47 Å². The second-order valence-electron chi connectivity index (χ2n) is 10.1. The summed E-state index contributed by atoms with van der Waals surface area (Å²) in [4.78, 5) is 18.3. The lowest BCUT2D eigenvalue weighted by molar-refractivity contribution is -0.141. The van der Waals surface area contributed by atoms with E-state index in [1.54, 1.807) is 31.5 Å². The fourth-order valence-electron chi connectivity index (χ4n) is 5.40. The van der Waals surface area contributed by atoms with E-state index >= 15 is 4.39 Å². The Kier molecular flexibility index (Phi) is 8.76. The molecule has 1 aliphatic rings. The number of methoxy groups -OCH3 is 1. The zero-order chi connectivity index (χ0) is 27.3. The zero-order valence-electron chi connectivity index (χ0n) is 21.7. The number of aromatic nitrogens is 1. The second-order valence-corrected chi connectivity index (χ2v) is 10.1. The highest BCUT2D eigenvalue weighted by Gasteiger charge is 2.37. The highest BCUT2D eigenvalue weighted by Crippen LogP contribution is 2.43. The maximum Gasteiger partial charge on any atom is 0.303 e. The van der Waals surface area contributed by atoms with E-state index in [1.807, 2.05) is 6.92 Å². The Labute approximate surface area is 220 Å². The van der Waals surface area contributed by atoms with Gasteiger partial charge in [-0.05, 0) is 80.4 Å². The van der Waals surface area contributed by atoms with Crippen molar-refractivity contribution in [1.82, 2.24) is 9.88 Å². The van der Waals surface area contributed by atoms with Crippen molar-refractivity contribution in [3.05, 3.63) is 65.4 Å². The van der Waals surface area contributed by atoms with Gasteiger partial charge in [0.2, 0.25) is 0 Å². The van der Waals surface area contributed by atoms with Crippen molar-refractivity contribution in [1.29, 1.82) is 0 Å². The number of carboxylic acid groups (broad SMARTS) is 1. The van der Waals surface area contributed by atoms with Gasteiger partial charge in [0.1, 0.15) is 35.9 Å². The number of aryl methyl sites for hydroxylation is 1. The highest BCUT2D eigenvalue weighted by atomic mass is 19.1. The Hall–Kier alpha value is -3.33. The Bertz CT molecular complexity index is 1260. The Morgan fingerprint density at radius 1 is 1.13 bits per heavy atom. The molecular formula is C29H33F3N2O4. The van der Waals surface area contributed by atoms with Gasteiger partial charge in [-0.2, -0.15) is 0 Å². The van der Waals surface area contributed by atoms with Crippen LogP contribution in [0.3, 0.4) is 0 Å². The summed E-state index contributed by atoms with van der Waals surface area (Å²) >= 11 is 0. The van der Waals surface area contributed by atoms with Gasteiger partial charge >= 0.3 is 5.97 Å². The number of hydrogen-bond acceptors (Lipinski definition) is 5. The van der Waals surface area contributed by atoms with Crippen molar-refractivity contribution in [3.8, 4) is 11.5 Å². The number of carboxylic acids is 1. The molecule has 1 N–H and O–H groups in total. The SMILES string of the molecule is COc1ccc2ncc(C)c([C@H](F)CCC3(CC(=O)O)CCN(CCOc4cc(F)cc(F)c4)CC3)c2c1. The number of alkyl halides is 1. The molecule has 3 aromatic rings. The fourth-order valence-corrected chi connectivity index (χ4v) is 5.40. The fraction of sp³-hybridized carbons (Fsp3) is 0.448. The molecule has 1 aliphatic heterocycles. The molecule has 1 fully saturated rings. The van der Waals surface area contributed by atoms with Gasteiger partial charge in [0, 0.05) is 36.3 Å². The van der Waals surface area contributed by atoms with Crippen LogP contribution in [0.5, 0.6) is 11.5 Å². The number of aliphatic carboxylic acids is 1. The molecule has 0 saturated carbocycles. The topological polar surface area (TPSA) is 71.9 Å². The predicted molar refractivity (Wildman–Crippen MR) is 138 cm³/mol. The summed E-state index contributed by atoms with van der Waals surface area (Å²) in [5.41, 5.74) is 1.50. The maximum atomic E-state index is 15.8. The van der Waals surface area contributed by atoms with E-state index in [1.165, 1.54) is 0 Å². The van der Waals surface area contributed by atoms with Crippen molar-refractivity contribution in [3.63, 3.8) is 0 Å². The largest absolute Gasteiger partial charge is 0.497 e. The molecule has 1 saturated heterocycles. The Balaban J connectivity index is 1.38. The monoisotopic (exact) mass is 530 g/mol. The molecule has 0 unspecified atom stereocenters. The summed E-state index contributed by atoms with van der Waals surface area (Å²) < 4.78 is 53.3. The molecule has 6 nitrogen and oxygen atoms in total. The van der Waals surface area contributed by atoms with E-state index in [0.29, 0.717) is 61.1 Å². The molecule has 1 aromatic heterocycles. The van der Waals surface area contributed by atoms with Crippen LogP contribution in [0.1, 0.15) is 49.4 Å². The average Bonchev–Trinajstić information content (AvgIpc) is 2.87. The van der Waals surface area contributed by atoms with Crippen molar-refractivity contribution in [2.45, 2.75) is 45.2 Å². The van der Waals surface area contributed by atoms with Gasteiger partial charge in [0.05, 0.1) is 19.0 Å². The molecule has 0 radical (unpaired) electrons. The summed E-state index contributed by atoms with van der Waals surface area (Å²) in [7, 11) is 1.56. The highest BCUT2D eigenvalue weighted by molar-refractivity contribution is 5.85. The Morgan fingerprint density at radius 3 is 2.50 bits per heavy atom. The molecular weight excluding hydrogens is 497 g/mol. The minimum Gasteiger partial charge on any atom is -0.497 e. The maximum absolute atomic E-state index is 15.8. The molecule has 1 atom stereocenters. The summed E-state index contributed by atoms with van der Waals surface area (Å²) in [5.74, 6) is -1.53. The molecule has 2 heterocycles. The van der Waals surface area contributed by atoms with Gasteiger partial charge in [-0.1, -0.05) is 0 Å². The number of carbonyl (C=O) groups is 1. The molecule has 9 heteroatoms. The summed E-state index contributed by atoms with van der Waals surface area (Å²) in [5, 5.41) is 10.3. The van der Waals surface area contributed by atoms with Crippen molar-refractivity contribution < 1.29 is 32.5 Å². The molecule has 204 valence electrons. The third-order valence-electron chi connectivity index (χ3n) is 7.51. The number of likely N-dealkylation sites (tertiary alicyclic amines) is 1. The first-order valence-corrected chi connectivity index (χ1v) is 12.8. The van der Waals surface area contributed by atoms with Crippen LogP contribution in [0, 0.1) is 24.0 Å². The van der Waals surface area contributed by atoms with Gasteiger partial charge in [0.25, 0.3) is 0 Å². The quantitative estimate of drug-likeness (QED) is 0.316. The van der Waals surface area contributed by atoms with Crippen LogP contribution in [-0.2, 0) is 4.79 Å². The van der Waals surface area contributed by atoms with Crippen molar-refractivity contribution in [2.75, 3.05) is 33.4 Å². The predicted octanol–water partition coefficient (Wildman–Crippen LogP) is 6.26. The van der Waals surface area contributed by atoms with Crippen LogP contribution in [0.4, 0.5) is 13.2 Å². The third kappa shape index (κ3) is 6.75. The minimum atomic E-state index is -1.27. The normalized spacial score (nSPS) is 16.3. The number of pyridine rings is 1. The molecule has 0 aliphatic carbocycles. The molecule has 0 bridgehead atoms. The lowest BCUT2D eigenvalue weighted by atomic mass is 9.71. The molecule has 0 spiro atoms. The number of halogens is 3. The van der Waals surface area contributed by atoms with Crippen molar-refractivity contribution in [2.24, 2.45) is 5.41 Å². The van der Waals surface area contributed by atoms with Crippen LogP contribution < -0.4 is 9.47 Å². The molecule has 0 amide bonds. The van der Waals surface area contributed by atoms with E-state index in [0.717, 1.165) is 23.8 Å². The summed E-state index contributed by atoms with van der Waals surface area (Å²) in [6, 6.07) is 8.45. The van der Waals surface area contributed by atoms with Gasteiger partial charge in [-0.3, -0.25) is 14.7 Å². The lowest BCUT2D eigenvalue weighted by Gasteiger charge is -2.41. The Morgan fingerprint density at radius 2 is 1.84 bits per heavy atom. The second kappa shape index (κ2) is 12.0. The molecule has 4 rings (SSSR count). The number of rotatable bonds is 11. The number of hydrogen-bond donors (Lipinski definition) is 1. The van der Waals surface area contributed by atoms with E-state index in [9.17, 15) is 18.7 Å².